The molecule has 2 rings (SSSR count). The minimum absolute atomic E-state index is 0.189. The number of aromatic nitrogens is 3. The quantitative estimate of drug-likeness (QED) is 0.799. The topological polar surface area (TPSA) is 60.1 Å². The summed E-state index contributed by atoms with van der Waals surface area (Å²) in [6.45, 7) is 0. The first kappa shape index (κ1) is 9.51. The third-order valence-corrected chi connectivity index (χ3v) is 2.23. The van der Waals surface area contributed by atoms with Crippen LogP contribution in [0.1, 0.15) is 10.5 Å². The van der Waals surface area contributed by atoms with Gasteiger partial charge in [0.2, 0.25) is 0 Å². The average Bonchev–Trinajstić information content (AvgIpc) is 2.71. The Morgan fingerprint density at radius 1 is 1.47 bits per heavy atom. The van der Waals surface area contributed by atoms with Crippen LogP contribution in [0.5, 0.6) is 0 Å². The summed E-state index contributed by atoms with van der Waals surface area (Å²) in [5.41, 5.74) is 1.78. The summed E-state index contributed by atoms with van der Waals surface area (Å²) < 4.78 is 3.26. The van der Waals surface area contributed by atoms with E-state index < -0.39 is 5.97 Å². The second-order valence-corrected chi connectivity index (χ2v) is 3.41. The summed E-state index contributed by atoms with van der Waals surface area (Å²) in [6.07, 6.45) is 3.79. The number of carboxylic acid groups (broad SMARTS) is 1. The second kappa shape index (κ2) is 3.27. The number of nitrogens with zero attached hydrogens (tertiary/aromatic N) is 3. The Labute approximate surface area is 86.6 Å². The monoisotopic (exact) mass is 205 g/mol. The van der Waals surface area contributed by atoms with Crippen LogP contribution in [0.4, 0.5) is 0 Å². The second-order valence-electron chi connectivity index (χ2n) is 3.41. The molecule has 0 unspecified atom stereocenters. The molecule has 0 spiro atoms. The van der Waals surface area contributed by atoms with Gasteiger partial charge in [-0.1, -0.05) is 0 Å². The van der Waals surface area contributed by atoms with Crippen LogP contribution in [0.2, 0.25) is 0 Å². The molecule has 5 heteroatoms. The smallest absolute Gasteiger partial charge is 0.354 e. The maximum absolute atomic E-state index is 10.8. The molecule has 2 aromatic rings. The average molecular weight is 205 g/mol. The minimum atomic E-state index is -0.966. The highest BCUT2D eigenvalue weighted by Gasteiger charge is 2.12. The molecule has 2 aromatic heterocycles. The molecule has 78 valence electrons. The summed E-state index contributed by atoms with van der Waals surface area (Å²) in [4.78, 5) is 10.8. The van der Waals surface area contributed by atoms with Gasteiger partial charge in [-0.15, -0.1) is 0 Å². The predicted molar refractivity (Wildman–Crippen MR) is 54.6 cm³/mol. The maximum Gasteiger partial charge on any atom is 0.354 e. The van der Waals surface area contributed by atoms with Crippen molar-refractivity contribution in [3.63, 3.8) is 0 Å². The van der Waals surface area contributed by atoms with Gasteiger partial charge in [-0.2, -0.15) is 5.10 Å². The number of carboxylic acids is 1. The van der Waals surface area contributed by atoms with E-state index in [0.29, 0.717) is 5.69 Å². The van der Waals surface area contributed by atoms with Gasteiger partial charge in [0.1, 0.15) is 5.69 Å². The number of aromatic carboxylic acids is 1. The van der Waals surface area contributed by atoms with Gasteiger partial charge in [0.05, 0.1) is 5.69 Å². The zero-order chi connectivity index (χ0) is 11.0. The predicted octanol–water partition coefficient (Wildman–Crippen LogP) is 1.12. The fraction of sp³-hybridized carbons (Fsp3) is 0.200. The molecule has 0 aromatic carbocycles. The van der Waals surface area contributed by atoms with Crippen LogP contribution in [0.3, 0.4) is 0 Å². The lowest BCUT2D eigenvalue weighted by Crippen LogP contribution is -2.04. The Hall–Kier alpha value is -2.04. The molecule has 0 aliphatic rings. The third-order valence-electron chi connectivity index (χ3n) is 2.23. The zero-order valence-corrected chi connectivity index (χ0v) is 8.51. The van der Waals surface area contributed by atoms with Gasteiger partial charge < -0.3 is 9.67 Å². The Morgan fingerprint density at radius 2 is 2.20 bits per heavy atom. The molecule has 0 saturated heterocycles. The van der Waals surface area contributed by atoms with Crippen LogP contribution in [-0.2, 0) is 14.1 Å². The summed E-state index contributed by atoms with van der Waals surface area (Å²) in [7, 11) is 3.53. The van der Waals surface area contributed by atoms with Gasteiger partial charge in [-0.25, -0.2) is 4.79 Å². The summed E-state index contributed by atoms with van der Waals surface area (Å²) in [5.74, 6) is -0.966. The van der Waals surface area contributed by atoms with Crippen molar-refractivity contribution in [1.29, 1.82) is 0 Å². The van der Waals surface area contributed by atoms with E-state index >= 15 is 0 Å². The normalized spacial score (nSPS) is 10.5. The van der Waals surface area contributed by atoms with Crippen molar-refractivity contribution < 1.29 is 9.90 Å². The van der Waals surface area contributed by atoms with Crippen LogP contribution >= 0.6 is 0 Å². The van der Waals surface area contributed by atoms with Crippen molar-refractivity contribution in [2.75, 3.05) is 0 Å². The van der Waals surface area contributed by atoms with E-state index in [4.69, 9.17) is 5.11 Å². The summed E-state index contributed by atoms with van der Waals surface area (Å²) in [6, 6.07) is 3.46. The molecule has 2 heterocycles. The molecule has 15 heavy (non-hydrogen) atoms. The van der Waals surface area contributed by atoms with E-state index in [1.807, 2.05) is 30.1 Å². The molecular weight excluding hydrogens is 194 g/mol. The fourth-order valence-corrected chi connectivity index (χ4v) is 1.46. The van der Waals surface area contributed by atoms with E-state index in [1.54, 1.807) is 13.1 Å². The largest absolute Gasteiger partial charge is 0.477 e. The van der Waals surface area contributed by atoms with Gasteiger partial charge in [0, 0.05) is 32.1 Å². The van der Waals surface area contributed by atoms with Crippen molar-refractivity contribution in [2.45, 2.75) is 0 Å². The number of aryl methyl sites for hydroxylation is 2. The third kappa shape index (κ3) is 1.63. The molecule has 1 N–H and O–H groups in total. The molecule has 0 radical (unpaired) electrons. The lowest BCUT2D eigenvalue weighted by molar-refractivity contribution is 0.0685. The zero-order valence-electron chi connectivity index (χ0n) is 8.51. The standard InChI is InChI=1S/C10H11N3O2/c1-12-4-3-7(6-12)8-5-9(10(14)15)13(2)11-8/h3-6H,1-2H3,(H,14,15). The molecule has 0 aliphatic heterocycles. The van der Waals surface area contributed by atoms with Gasteiger partial charge in [0.15, 0.2) is 0 Å². The molecule has 0 fully saturated rings. The number of rotatable bonds is 2. The minimum Gasteiger partial charge on any atom is -0.477 e. The molecular formula is C10H11N3O2. The molecule has 0 saturated carbocycles. The lowest BCUT2D eigenvalue weighted by Gasteiger charge is -1.91. The van der Waals surface area contributed by atoms with Crippen molar-refractivity contribution in [3.05, 3.63) is 30.2 Å². The van der Waals surface area contributed by atoms with Crippen molar-refractivity contribution in [1.82, 2.24) is 14.3 Å². The molecule has 0 atom stereocenters. The van der Waals surface area contributed by atoms with Crippen LogP contribution in [-0.4, -0.2) is 25.4 Å². The van der Waals surface area contributed by atoms with Gasteiger partial charge >= 0.3 is 5.97 Å². The van der Waals surface area contributed by atoms with Gasteiger partial charge in [0.25, 0.3) is 0 Å². The SMILES string of the molecule is Cn1ccc(-c2cc(C(=O)O)n(C)n2)c1. The van der Waals surface area contributed by atoms with Crippen LogP contribution in [0.25, 0.3) is 11.3 Å². The highest BCUT2D eigenvalue weighted by molar-refractivity contribution is 5.87. The Bertz CT molecular complexity index is 510. The van der Waals surface area contributed by atoms with Crippen LogP contribution < -0.4 is 0 Å². The highest BCUT2D eigenvalue weighted by Crippen LogP contribution is 2.18. The van der Waals surface area contributed by atoms with Crippen molar-refractivity contribution in [3.8, 4) is 11.3 Å². The Kier molecular flexibility index (Phi) is 2.07. The van der Waals surface area contributed by atoms with Crippen molar-refractivity contribution >= 4 is 5.97 Å². The molecule has 0 amide bonds. The van der Waals surface area contributed by atoms with Crippen molar-refractivity contribution in [2.24, 2.45) is 14.1 Å². The first-order valence-electron chi connectivity index (χ1n) is 4.47. The summed E-state index contributed by atoms with van der Waals surface area (Å²) >= 11 is 0. The summed E-state index contributed by atoms with van der Waals surface area (Å²) in [5, 5.41) is 13.0. The first-order valence-corrected chi connectivity index (χ1v) is 4.47. The Morgan fingerprint density at radius 3 is 2.67 bits per heavy atom. The van der Waals surface area contributed by atoms with Gasteiger partial charge in [-0.3, -0.25) is 4.68 Å². The van der Waals surface area contributed by atoms with E-state index in [0.717, 1.165) is 5.56 Å². The molecule has 5 nitrogen and oxygen atoms in total. The van der Waals surface area contributed by atoms with Crippen LogP contribution in [0, 0.1) is 0 Å². The number of hydrogen-bond donors (Lipinski definition) is 1. The van der Waals surface area contributed by atoms with E-state index in [9.17, 15) is 4.79 Å². The first-order chi connectivity index (χ1) is 7.08. The molecule has 0 aliphatic carbocycles. The highest BCUT2D eigenvalue weighted by atomic mass is 16.4. The van der Waals surface area contributed by atoms with Crippen LogP contribution in [0.15, 0.2) is 24.5 Å². The number of carbonyl (C=O) groups is 1. The van der Waals surface area contributed by atoms with E-state index in [2.05, 4.69) is 5.10 Å². The maximum atomic E-state index is 10.8. The lowest BCUT2D eigenvalue weighted by atomic mass is 10.2. The number of hydrogen-bond acceptors (Lipinski definition) is 2. The fourth-order valence-electron chi connectivity index (χ4n) is 1.46. The van der Waals surface area contributed by atoms with Gasteiger partial charge in [-0.05, 0) is 12.1 Å². The molecule has 0 bridgehead atoms. The van der Waals surface area contributed by atoms with E-state index in [-0.39, 0.29) is 5.69 Å². The van der Waals surface area contributed by atoms with E-state index in [1.165, 1.54) is 4.68 Å². The Balaban J connectivity index is 2.46.